The van der Waals surface area contributed by atoms with Gasteiger partial charge in [0.1, 0.15) is 13.2 Å². The van der Waals surface area contributed by atoms with Crippen molar-refractivity contribution < 1.29 is 23.7 Å². The number of rotatable bonds is 5. The third-order valence-electron chi connectivity index (χ3n) is 3.93. The fourth-order valence-corrected chi connectivity index (χ4v) is 2.51. The Balaban J connectivity index is 1.73. The molecule has 0 saturated carbocycles. The fourth-order valence-electron chi connectivity index (χ4n) is 2.51. The first-order valence-corrected chi connectivity index (χ1v) is 8.09. The first-order valence-electron chi connectivity index (χ1n) is 8.09. The van der Waals surface area contributed by atoms with Gasteiger partial charge in [0.05, 0.1) is 19.9 Å². The number of hydrogen-bond donors (Lipinski definition) is 1. The maximum Gasteiger partial charge on any atom is 0.271 e. The van der Waals surface area contributed by atoms with Crippen molar-refractivity contribution in [3.05, 3.63) is 47.5 Å². The van der Waals surface area contributed by atoms with Gasteiger partial charge in [-0.05, 0) is 43.3 Å². The van der Waals surface area contributed by atoms with Crippen LogP contribution < -0.4 is 24.4 Å². The topological polar surface area (TPSA) is 78.4 Å². The summed E-state index contributed by atoms with van der Waals surface area (Å²) in [6, 6.07) is 10.5. The highest BCUT2D eigenvalue weighted by molar-refractivity contribution is 6.01. The van der Waals surface area contributed by atoms with Crippen LogP contribution in [0, 0.1) is 0 Å². The molecule has 1 heterocycles. The molecule has 0 radical (unpaired) electrons. The molecule has 0 unspecified atom stereocenters. The molecule has 0 bridgehead atoms. The SMILES string of the molecule is COc1ccc(C(=O)NN=C(C)c2ccc3c(c2)OCCO3)cc1OC. The highest BCUT2D eigenvalue weighted by Crippen LogP contribution is 2.31. The van der Waals surface area contributed by atoms with Crippen LogP contribution in [-0.2, 0) is 0 Å². The minimum Gasteiger partial charge on any atom is -0.493 e. The van der Waals surface area contributed by atoms with Crippen molar-refractivity contribution in [3.8, 4) is 23.0 Å². The summed E-state index contributed by atoms with van der Waals surface area (Å²) in [6.45, 7) is 2.86. The summed E-state index contributed by atoms with van der Waals surface area (Å²) in [5.74, 6) is 2.08. The molecule has 0 aliphatic carbocycles. The summed E-state index contributed by atoms with van der Waals surface area (Å²) in [5.41, 5.74) is 4.45. The Bertz CT molecular complexity index is 848. The molecule has 1 aliphatic rings. The van der Waals surface area contributed by atoms with Gasteiger partial charge in [-0.25, -0.2) is 5.43 Å². The molecule has 1 aliphatic heterocycles. The number of amides is 1. The van der Waals surface area contributed by atoms with E-state index in [4.69, 9.17) is 18.9 Å². The minimum atomic E-state index is -0.345. The lowest BCUT2D eigenvalue weighted by atomic mass is 10.1. The number of fused-ring (bicyclic) bond motifs is 1. The highest BCUT2D eigenvalue weighted by Gasteiger charge is 2.13. The molecule has 0 atom stereocenters. The predicted octanol–water partition coefficient (Wildman–Crippen LogP) is 2.63. The largest absolute Gasteiger partial charge is 0.493 e. The Hall–Kier alpha value is -3.22. The maximum atomic E-state index is 12.3. The van der Waals surface area contributed by atoms with E-state index in [1.165, 1.54) is 7.11 Å². The monoisotopic (exact) mass is 356 g/mol. The average Bonchev–Trinajstić information content (AvgIpc) is 2.70. The number of nitrogens with zero attached hydrogens (tertiary/aromatic N) is 1. The molecule has 3 rings (SSSR count). The molecule has 2 aromatic rings. The predicted molar refractivity (Wildman–Crippen MR) is 96.7 cm³/mol. The van der Waals surface area contributed by atoms with Crippen molar-refractivity contribution in [1.29, 1.82) is 0 Å². The van der Waals surface area contributed by atoms with Crippen LogP contribution in [0.15, 0.2) is 41.5 Å². The molecule has 7 heteroatoms. The molecule has 1 amide bonds. The Labute approximate surface area is 151 Å². The van der Waals surface area contributed by atoms with E-state index in [9.17, 15) is 4.79 Å². The number of nitrogens with one attached hydrogen (secondary N) is 1. The number of benzene rings is 2. The van der Waals surface area contributed by atoms with Gasteiger partial charge in [-0.3, -0.25) is 4.79 Å². The second-order valence-electron chi connectivity index (χ2n) is 5.57. The highest BCUT2D eigenvalue weighted by atomic mass is 16.6. The molecule has 26 heavy (non-hydrogen) atoms. The van der Waals surface area contributed by atoms with Crippen LogP contribution in [-0.4, -0.2) is 39.1 Å². The zero-order valence-electron chi connectivity index (χ0n) is 14.9. The lowest BCUT2D eigenvalue weighted by Crippen LogP contribution is -2.19. The summed E-state index contributed by atoms with van der Waals surface area (Å²) in [4.78, 5) is 12.3. The number of hydrogen-bond acceptors (Lipinski definition) is 6. The van der Waals surface area contributed by atoms with Crippen LogP contribution in [0.1, 0.15) is 22.8 Å². The average molecular weight is 356 g/mol. The molecule has 0 aromatic heterocycles. The lowest BCUT2D eigenvalue weighted by Gasteiger charge is -2.18. The number of carbonyl (C=O) groups is 1. The van der Waals surface area contributed by atoms with E-state index in [1.807, 2.05) is 18.2 Å². The van der Waals surface area contributed by atoms with Crippen LogP contribution in [0.5, 0.6) is 23.0 Å². The van der Waals surface area contributed by atoms with Crippen LogP contribution >= 0.6 is 0 Å². The van der Waals surface area contributed by atoms with Gasteiger partial charge >= 0.3 is 0 Å². The number of hydrazone groups is 1. The molecular weight excluding hydrogens is 336 g/mol. The van der Waals surface area contributed by atoms with Crippen LogP contribution in [0.2, 0.25) is 0 Å². The van der Waals surface area contributed by atoms with Gasteiger partial charge in [0, 0.05) is 11.1 Å². The van der Waals surface area contributed by atoms with Crippen molar-refractivity contribution in [2.24, 2.45) is 5.10 Å². The van der Waals surface area contributed by atoms with Gasteiger partial charge < -0.3 is 18.9 Å². The molecule has 0 saturated heterocycles. The lowest BCUT2D eigenvalue weighted by molar-refractivity contribution is 0.0954. The Morgan fingerprint density at radius 2 is 1.65 bits per heavy atom. The van der Waals surface area contributed by atoms with Crippen LogP contribution in [0.4, 0.5) is 0 Å². The summed E-state index contributed by atoms with van der Waals surface area (Å²) in [7, 11) is 3.06. The van der Waals surface area contributed by atoms with E-state index < -0.39 is 0 Å². The smallest absolute Gasteiger partial charge is 0.271 e. The zero-order valence-corrected chi connectivity index (χ0v) is 14.9. The van der Waals surface area contributed by atoms with Crippen molar-refractivity contribution in [2.45, 2.75) is 6.92 Å². The van der Waals surface area contributed by atoms with Crippen molar-refractivity contribution in [2.75, 3.05) is 27.4 Å². The fraction of sp³-hybridized carbons (Fsp3) is 0.263. The van der Waals surface area contributed by atoms with E-state index in [0.717, 1.165) is 5.56 Å². The molecule has 7 nitrogen and oxygen atoms in total. The van der Waals surface area contributed by atoms with Gasteiger partial charge in [-0.15, -0.1) is 0 Å². The van der Waals surface area contributed by atoms with Crippen molar-refractivity contribution >= 4 is 11.6 Å². The maximum absolute atomic E-state index is 12.3. The normalized spacial score (nSPS) is 13.1. The second kappa shape index (κ2) is 7.77. The van der Waals surface area contributed by atoms with Crippen molar-refractivity contribution in [1.82, 2.24) is 5.43 Å². The van der Waals surface area contributed by atoms with E-state index in [1.54, 1.807) is 32.2 Å². The number of carbonyl (C=O) groups excluding carboxylic acids is 1. The third-order valence-corrected chi connectivity index (χ3v) is 3.93. The molecule has 0 fully saturated rings. The molecule has 2 aromatic carbocycles. The van der Waals surface area contributed by atoms with E-state index in [-0.39, 0.29) is 5.91 Å². The molecular formula is C19H20N2O5. The van der Waals surface area contributed by atoms with Gasteiger partial charge in [0.2, 0.25) is 0 Å². The van der Waals surface area contributed by atoms with Crippen molar-refractivity contribution in [3.63, 3.8) is 0 Å². The first kappa shape index (κ1) is 17.6. The first-order chi connectivity index (χ1) is 12.6. The quantitative estimate of drug-likeness (QED) is 0.658. The minimum absolute atomic E-state index is 0.345. The number of methoxy groups -OCH3 is 2. The summed E-state index contributed by atoms with van der Waals surface area (Å²) < 4.78 is 21.4. The van der Waals surface area contributed by atoms with Gasteiger partial charge in [-0.2, -0.15) is 5.10 Å². The van der Waals surface area contributed by atoms with E-state index >= 15 is 0 Å². The van der Waals surface area contributed by atoms with E-state index in [0.29, 0.717) is 47.5 Å². The second-order valence-corrected chi connectivity index (χ2v) is 5.57. The Morgan fingerprint density at radius 3 is 2.38 bits per heavy atom. The van der Waals surface area contributed by atoms with Gasteiger partial charge in [0.25, 0.3) is 5.91 Å². The third kappa shape index (κ3) is 3.72. The van der Waals surface area contributed by atoms with Gasteiger partial charge in [0.15, 0.2) is 23.0 Å². The van der Waals surface area contributed by atoms with Gasteiger partial charge in [-0.1, -0.05) is 0 Å². The molecule has 136 valence electrons. The Kier molecular flexibility index (Phi) is 5.26. The summed E-state index contributed by atoms with van der Waals surface area (Å²) >= 11 is 0. The molecule has 0 spiro atoms. The summed E-state index contributed by atoms with van der Waals surface area (Å²) in [6.07, 6.45) is 0. The zero-order chi connectivity index (χ0) is 18.5. The van der Waals surface area contributed by atoms with Crippen LogP contribution in [0.25, 0.3) is 0 Å². The summed E-state index contributed by atoms with van der Waals surface area (Å²) in [5, 5.41) is 4.17. The van der Waals surface area contributed by atoms with E-state index in [2.05, 4.69) is 10.5 Å². The Morgan fingerprint density at radius 1 is 0.962 bits per heavy atom. The molecule has 1 N–H and O–H groups in total. The van der Waals surface area contributed by atoms with Crippen LogP contribution in [0.3, 0.4) is 0 Å². The number of ether oxygens (including phenoxy) is 4. The standard InChI is InChI=1S/C19H20N2O5/c1-12(13-4-7-16-18(10-13)26-9-8-25-16)20-21-19(22)14-5-6-15(23-2)17(11-14)24-3/h4-7,10-11H,8-9H2,1-3H3,(H,21,22).